The number of ether oxygens (including phenoxy) is 2. The van der Waals surface area contributed by atoms with Crippen molar-refractivity contribution in [2.45, 2.75) is 53.4 Å². The lowest BCUT2D eigenvalue weighted by molar-refractivity contribution is -0.161. The van der Waals surface area contributed by atoms with Gasteiger partial charge in [0.1, 0.15) is 19.0 Å². The van der Waals surface area contributed by atoms with Gasteiger partial charge >= 0.3 is 12.2 Å². The van der Waals surface area contributed by atoms with Gasteiger partial charge in [0.15, 0.2) is 0 Å². The molecule has 4 N–H and O–H groups in total. The van der Waals surface area contributed by atoms with Crippen molar-refractivity contribution in [3.05, 3.63) is 24.3 Å². The van der Waals surface area contributed by atoms with Gasteiger partial charge in [0.25, 0.3) is 0 Å². The maximum atomic E-state index is 14.5. The Bertz CT molecular complexity index is 821. The first-order valence-corrected chi connectivity index (χ1v) is 11.6. The highest BCUT2D eigenvalue weighted by Gasteiger charge is 2.67. The number of allylic oxidation sites excluding steroid dienone is 4. The summed E-state index contributed by atoms with van der Waals surface area (Å²) in [4.78, 5) is 37.6. The molecule has 0 aromatic carbocycles. The van der Waals surface area contributed by atoms with E-state index in [1.807, 2.05) is 27.7 Å². The highest BCUT2D eigenvalue weighted by atomic mass is 16.5. The van der Waals surface area contributed by atoms with Crippen LogP contribution in [0.15, 0.2) is 24.3 Å². The van der Waals surface area contributed by atoms with Gasteiger partial charge in [-0.15, -0.1) is 0 Å². The molecule has 0 heterocycles. The molecule has 4 aliphatic rings. The second kappa shape index (κ2) is 7.35. The zero-order chi connectivity index (χ0) is 23.5. The first kappa shape index (κ1) is 22.9. The molecule has 32 heavy (non-hydrogen) atoms. The number of hydrogen-bond donors (Lipinski definition) is 2. The second-order valence-corrected chi connectivity index (χ2v) is 11.5. The number of ketones is 1. The smallest absolute Gasteiger partial charge is 0.404 e. The van der Waals surface area contributed by atoms with E-state index in [-0.39, 0.29) is 30.8 Å². The topological polar surface area (TPSA) is 122 Å². The van der Waals surface area contributed by atoms with Gasteiger partial charge in [0.2, 0.25) is 0 Å². The van der Waals surface area contributed by atoms with Crippen LogP contribution < -0.4 is 11.5 Å². The van der Waals surface area contributed by atoms with Gasteiger partial charge in [-0.2, -0.15) is 0 Å². The van der Waals surface area contributed by atoms with Gasteiger partial charge in [-0.25, -0.2) is 9.59 Å². The molecular weight excluding hydrogens is 408 g/mol. The molecule has 176 valence electrons. The Hall–Kier alpha value is -2.31. The van der Waals surface area contributed by atoms with Crippen LogP contribution in [0.25, 0.3) is 0 Å². The Kier molecular flexibility index (Phi) is 5.26. The number of hydrogen-bond acceptors (Lipinski definition) is 5. The first-order chi connectivity index (χ1) is 14.9. The number of carbonyl (C=O) groups is 3. The third-order valence-corrected chi connectivity index (χ3v) is 9.59. The fourth-order valence-electron chi connectivity index (χ4n) is 7.67. The summed E-state index contributed by atoms with van der Waals surface area (Å²) >= 11 is 0. The summed E-state index contributed by atoms with van der Waals surface area (Å²) in [7, 11) is 0. The summed E-state index contributed by atoms with van der Waals surface area (Å²) < 4.78 is 10.7. The standard InChI is InChI=1S/C25H36N2O5/c1-22(2,24(13-31-20(26)29)11-15-5-7-17(24)9-15)19(28)23(3,4)25(14-32-21(27)30)12-16-6-8-18(25)10-16/h5-8,15-18H,9-14H2,1-4H3,(H2,26,29)(H2,27,30). The molecule has 2 saturated carbocycles. The molecule has 2 amide bonds. The molecule has 4 bridgehead atoms. The van der Waals surface area contributed by atoms with E-state index in [0.717, 1.165) is 25.7 Å². The summed E-state index contributed by atoms with van der Waals surface area (Å²) in [5, 5.41) is 0. The number of fused-ring (bicyclic) bond motifs is 4. The molecular formula is C25H36N2O5. The number of nitrogens with two attached hydrogens (primary N) is 2. The monoisotopic (exact) mass is 444 g/mol. The van der Waals surface area contributed by atoms with Crippen LogP contribution in [-0.4, -0.2) is 31.2 Å². The number of rotatable bonds is 8. The number of amides is 2. The van der Waals surface area contributed by atoms with Crippen LogP contribution in [0.2, 0.25) is 0 Å². The normalized spacial score (nSPS) is 37.1. The van der Waals surface area contributed by atoms with Gasteiger partial charge in [-0.05, 0) is 49.4 Å². The van der Waals surface area contributed by atoms with Crippen LogP contribution in [0.3, 0.4) is 0 Å². The van der Waals surface area contributed by atoms with Crippen LogP contribution in [0, 0.1) is 45.3 Å². The van der Waals surface area contributed by atoms with E-state index in [1.54, 1.807) is 0 Å². The maximum absolute atomic E-state index is 14.5. The molecule has 0 saturated heterocycles. The Morgan fingerprint density at radius 3 is 1.41 bits per heavy atom. The van der Waals surface area contributed by atoms with Crippen molar-refractivity contribution in [2.75, 3.05) is 13.2 Å². The summed E-state index contributed by atoms with van der Waals surface area (Å²) in [5.74, 6) is 1.17. The molecule has 0 spiro atoms. The lowest BCUT2D eigenvalue weighted by atomic mass is 9.48. The zero-order valence-electron chi connectivity index (χ0n) is 19.6. The Morgan fingerprint density at radius 1 is 0.781 bits per heavy atom. The van der Waals surface area contributed by atoms with Crippen LogP contribution in [0.4, 0.5) is 9.59 Å². The molecule has 6 atom stereocenters. The third kappa shape index (κ3) is 3.11. The predicted octanol–water partition coefficient (Wildman–Crippen LogP) is 3.96. The zero-order valence-corrected chi connectivity index (χ0v) is 19.6. The molecule has 0 radical (unpaired) electrons. The Balaban J connectivity index is 1.71. The lowest BCUT2D eigenvalue weighted by Crippen LogP contribution is -2.59. The highest BCUT2D eigenvalue weighted by molar-refractivity contribution is 5.91. The van der Waals surface area contributed by atoms with Crippen molar-refractivity contribution in [1.82, 2.24) is 0 Å². The molecule has 7 heteroatoms. The summed E-state index contributed by atoms with van der Waals surface area (Å²) in [5.41, 5.74) is 8.04. The van der Waals surface area contributed by atoms with E-state index in [4.69, 9.17) is 20.9 Å². The minimum absolute atomic E-state index is 0.105. The van der Waals surface area contributed by atoms with Crippen LogP contribution in [0.1, 0.15) is 53.4 Å². The fraction of sp³-hybridized carbons (Fsp3) is 0.720. The molecule has 6 unspecified atom stereocenters. The van der Waals surface area contributed by atoms with E-state index in [2.05, 4.69) is 24.3 Å². The van der Waals surface area contributed by atoms with Crippen molar-refractivity contribution in [1.29, 1.82) is 0 Å². The van der Waals surface area contributed by atoms with Crippen molar-refractivity contribution in [3.8, 4) is 0 Å². The lowest BCUT2D eigenvalue weighted by Gasteiger charge is -2.54. The van der Waals surface area contributed by atoms with Gasteiger partial charge in [0.05, 0.1) is 0 Å². The minimum Gasteiger partial charge on any atom is -0.449 e. The van der Waals surface area contributed by atoms with Gasteiger partial charge in [-0.3, -0.25) is 4.79 Å². The number of primary amides is 2. The van der Waals surface area contributed by atoms with Crippen molar-refractivity contribution < 1.29 is 23.9 Å². The maximum Gasteiger partial charge on any atom is 0.404 e. The number of Topliss-reactive ketones (excluding diaryl/α,β-unsaturated/α-hetero) is 1. The highest BCUT2D eigenvalue weighted by Crippen LogP contribution is 2.66. The van der Waals surface area contributed by atoms with E-state index >= 15 is 0 Å². The quantitative estimate of drug-likeness (QED) is 0.549. The summed E-state index contributed by atoms with van der Waals surface area (Å²) in [6, 6.07) is 0. The Labute approximate surface area is 189 Å². The van der Waals surface area contributed by atoms with Crippen molar-refractivity contribution in [2.24, 2.45) is 56.8 Å². The van der Waals surface area contributed by atoms with E-state index in [1.165, 1.54) is 0 Å². The van der Waals surface area contributed by atoms with Gasteiger partial charge in [-0.1, -0.05) is 52.0 Å². The first-order valence-electron chi connectivity index (χ1n) is 11.6. The summed E-state index contributed by atoms with van der Waals surface area (Å²) in [6.07, 6.45) is 10.6. The Morgan fingerprint density at radius 2 is 1.16 bits per heavy atom. The average molecular weight is 445 g/mol. The molecule has 0 aromatic rings. The molecule has 0 aromatic heterocycles. The van der Waals surface area contributed by atoms with Gasteiger partial charge < -0.3 is 20.9 Å². The molecule has 2 fully saturated rings. The van der Waals surface area contributed by atoms with Crippen LogP contribution in [-0.2, 0) is 14.3 Å². The van der Waals surface area contributed by atoms with Crippen LogP contribution in [0.5, 0.6) is 0 Å². The van der Waals surface area contributed by atoms with E-state index in [9.17, 15) is 14.4 Å². The van der Waals surface area contributed by atoms with Crippen molar-refractivity contribution in [3.63, 3.8) is 0 Å². The fourth-order valence-corrected chi connectivity index (χ4v) is 7.67. The second-order valence-electron chi connectivity index (χ2n) is 11.5. The molecule has 4 rings (SSSR count). The van der Waals surface area contributed by atoms with Crippen LogP contribution >= 0.6 is 0 Å². The van der Waals surface area contributed by atoms with Gasteiger partial charge in [0, 0.05) is 21.7 Å². The molecule has 7 nitrogen and oxygen atoms in total. The predicted molar refractivity (Wildman–Crippen MR) is 119 cm³/mol. The minimum atomic E-state index is -0.816. The summed E-state index contributed by atoms with van der Waals surface area (Å²) in [6.45, 7) is 8.20. The van der Waals surface area contributed by atoms with Crippen molar-refractivity contribution >= 4 is 18.0 Å². The SMILES string of the molecule is CC(C)(C(=O)C(C)(C)C1(COC(N)=O)CC2C=CC1C2)C1(COC(N)=O)CC2C=CC1C2. The number of carbonyl (C=O) groups excluding carboxylic acids is 3. The van der Waals surface area contributed by atoms with E-state index in [0.29, 0.717) is 11.8 Å². The average Bonchev–Trinajstić information content (AvgIpc) is 3.50. The van der Waals surface area contributed by atoms with E-state index < -0.39 is 33.8 Å². The largest absolute Gasteiger partial charge is 0.449 e. The molecule has 0 aliphatic heterocycles. The third-order valence-electron chi connectivity index (χ3n) is 9.59. The molecule has 4 aliphatic carbocycles.